The second kappa shape index (κ2) is 6.61. The van der Waals surface area contributed by atoms with Gasteiger partial charge in [-0.05, 0) is 54.9 Å². The quantitative estimate of drug-likeness (QED) is 0.717. The Bertz CT molecular complexity index is 253. The van der Waals surface area contributed by atoms with E-state index in [4.69, 9.17) is 0 Å². The van der Waals surface area contributed by atoms with Gasteiger partial charge in [0, 0.05) is 6.04 Å². The Kier molecular flexibility index (Phi) is 5.92. The first kappa shape index (κ1) is 17.0. The molecule has 0 heterocycles. The Morgan fingerprint density at radius 2 is 1.53 bits per heavy atom. The zero-order valence-electron chi connectivity index (χ0n) is 14.5. The van der Waals surface area contributed by atoms with Gasteiger partial charge < -0.3 is 5.32 Å². The molecule has 0 aromatic carbocycles. The Morgan fingerprint density at radius 1 is 1.00 bits per heavy atom. The van der Waals surface area contributed by atoms with Gasteiger partial charge in [0.25, 0.3) is 0 Å². The van der Waals surface area contributed by atoms with Crippen LogP contribution < -0.4 is 5.32 Å². The molecule has 1 fully saturated rings. The van der Waals surface area contributed by atoms with Crippen molar-refractivity contribution in [1.29, 1.82) is 0 Å². The van der Waals surface area contributed by atoms with Gasteiger partial charge in [0.05, 0.1) is 0 Å². The third-order valence-electron chi connectivity index (χ3n) is 5.93. The monoisotopic (exact) mass is 267 g/mol. The van der Waals surface area contributed by atoms with Crippen LogP contribution in [0.1, 0.15) is 80.6 Å². The maximum absolute atomic E-state index is 3.82. The average molecular weight is 268 g/mol. The van der Waals surface area contributed by atoms with Crippen LogP contribution in [0.25, 0.3) is 0 Å². The number of nitrogens with one attached hydrogen (secondary N) is 1. The standard InChI is InChI=1S/C18H37N/c1-8-18(6,7)15-9-11-16(12-10-15)19-13-14(2)17(3,4)5/h14-16,19H,8-13H2,1-7H3. The fourth-order valence-electron chi connectivity index (χ4n) is 3.02. The molecule has 0 amide bonds. The molecule has 0 aromatic rings. The second-order valence-electron chi connectivity index (χ2n) is 8.57. The third kappa shape index (κ3) is 5.10. The molecule has 0 aromatic heterocycles. The Labute approximate surface area is 121 Å². The van der Waals surface area contributed by atoms with Crippen LogP contribution in [0.15, 0.2) is 0 Å². The Morgan fingerprint density at radius 3 is 1.95 bits per heavy atom. The second-order valence-corrected chi connectivity index (χ2v) is 8.57. The molecule has 1 atom stereocenters. The highest BCUT2D eigenvalue weighted by Gasteiger charge is 2.32. The van der Waals surface area contributed by atoms with E-state index in [1.807, 2.05) is 0 Å². The third-order valence-corrected chi connectivity index (χ3v) is 5.93. The highest BCUT2D eigenvalue weighted by Crippen LogP contribution is 2.40. The minimum absolute atomic E-state index is 0.425. The lowest BCUT2D eigenvalue weighted by molar-refractivity contribution is 0.133. The molecular formula is C18H37N. The molecule has 1 unspecified atom stereocenters. The van der Waals surface area contributed by atoms with Crippen LogP contribution in [-0.2, 0) is 0 Å². The summed E-state index contributed by atoms with van der Waals surface area (Å²) in [5.74, 6) is 1.69. The molecule has 1 heteroatoms. The predicted molar refractivity (Wildman–Crippen MR) is 86.4 cm³/mol. The van der Waals surface area contributed by atoms with Crippen LogP contribution in [0, 0.1) is 22.7 Å². The Hall–Kier alpha value is -0.0400. The van der Waals surface area contributed by atoms with Gasteiger partial charge in [-0.25, -0.2) is 0 Å². The van der Waals surface area contributed by atoms with Gasteiger partial charge in [0.15, 0.2) is 0 Å². The molecule has 0 bridgehead atoms. The predicted octanol–water partition coefficient (Wildman–Crippen LogP) is 5.25. The van der Waals surface area contributed by atoms with Crippen LogP contribution in [0.5, 0.6) is 0 Å². The molecule has 1 aliphatic rings. The van der Waals surface area contributed by atoms with E-state index in [0.29, 0.717) is 10.8 Å². The SMILES string of the molecule is CCC(C)(C)C1CCC(NCC(C)C(C)(C)C)CC1. The number of rotatable bonds is 5. The zero-order chi connectivity index (χ0) is 14.7. The lowest BCUT2D eigenvalue weighted by Gasteiger charge is -2.39. The summed E-state index contributed by atoms with van der Waals surface area (Å²) in [5, 5.41) is 3.82. The summed E-state index contributed by atoms with van der Waals surface area (Å²) in [6.45, 7) is 17.8. The molecule has 0 spiro atoms. The summed E-state index contributed by atoms with van der Waals surface area (Å²) >= 11 is 0. The summed E-state index contributed by atoms with van der Waals surface area (Å²) in [7, 11) is 0. The van der Waals surface area contributed by atoms with Crippen LogP contribution in [0.3, 0.4) is 0 Å². The highest BCUT2D eigenvalue weighted by molar-refractivity contribution is 4.85. The molecule has 0 radical (unpaired) electrons. The van der Waals surface area contributed by atoms with Crippen molar-refractivity contribution in [1.82, 2.24) is 5.32 Å². The maximum atomic E-state index is 3.82. The molecule has 114 valence electrons. The van der Waals surface area contributed by atoms with E-state index >= 15 is 0 Å². The van der Waals surface area contributed by atoms with E-state index in [0.717, 1.165) is 17.9 Å². The average Bonchev–Trinajstić information content (AvgIpc) is 2.35. The summed E-state index contributed by atoms with van der Waals surface area (Å²) in [5.41, 5.74) is 0.970. The lowest BCUT2D eigenvalue weighted by atomic mass is 9.69. The van der Waals surface area contributed by atoms with Crippen molar-refractivity contribution >= 4 is 0 Å². The van der Waals surface area contributed by atoms with Gasteiger partial charge in [-0.1, -0.05) is 54.9 Å². The topological polar surface area (TPSA) is 12.0 Å². The largest absolute Gasteiger partial charge is 0.314 e. The van der Waals surface area contributed by atoms with Crippen molar-refractivity contribution < 1.29 is 0 Å². The minimum atomic E-state index is 0.425. The van der Waals surface area contributed by atoms with Gasteiger partial charge >= 0.3 is 0 Å². The summed E-state index contributed by atoms with van der Waals surface area (Å²) < 4.78 is 0. The molecule has 1 saturated carbocycles. The van der Waals surface area contributed by atoms with Gasteiger partial charge in [-0.15, -0.1) is 0 Å². The van der Waals surface area contributed by atoms with Crippen LogP contribution >= 0.6 is 0 Å². The van der Waals surface area contributed by atoms with Crippen molar-refractivity contribution in [2.24, 2.45) is 22.7 Å². The van der Waals surface area contributed by atoms with Gasteiger partial charge in [0.1, 0.15) is 0 Å². The molecule has 1 nitrogen and oxygen atoms in total. The van der Waals surface area contributed by atoms with E-state index < -0.39 is 0 Å². The molecule has 1 aliphatic carbocycles. The molecular weight excluding hydrogens is 230 g/mol. The number of hydrogen-bond donors (Lipinski definition) is 1. The van der Waals surface area contributed by atoms with Crippen molar-refractivity contribution in [3.05, 3.63) is 0 Å². The normalized spacial score (nSPS) is 27.3. The van der Waals surface area contributed by atoms with E-state index in [1.54, 1.807) is 0 Å². The number of hydrogen-bond acceptors (Lipinski definition) is 1. The van der Waals surface area contributed by atoms with E-state index in [2.05, 4.69) is 53.8 Å². The first-order valence-electron chi connectivity index (χ1n) is 8.40. The lowest BCUT2D eigenvalue weighted by Crippen LogP contribution is -2.40. The summed E-state index contributed by atoms with van der Waals surface area (Å²) in [4.78, 5) is 0. The zero-order valence-corrected chi connectivity index (χ0v) is 14.5. The maximum Gasteiger partial charge on any atom is 0.00673 e. The van der Waals surface area contributed by atoms with Crippen molar-refractivity contribution in [3.63, 3.8) is 0 Å². The molecule has 0 aliphatic heterocycles. The fourth-order valence-corrected chi connectivity index (χ4v) is 3.02. The summed E-state index contributed by atoms with van der Waals surface area (Å²) in [6, 6.07) is 0.772. The first-order valence-corrected chi connectivity index (χ1v) is 8.40. The highest BCUT2D eigenvalue weighted by atomic mass is 14.9. The molecule has 1 N–H and O–H groups in total. The molecule has 19 heavy (non-hydrogen) atoms. The van der Waals surface area contributed by atoms with Crippen molar-refractivity contribution in [3.8, 4) is 0 Å². The Balaban J connectivity index is 2.31. The van der Waals surface area contributed by atoms with Crippen LogP contribution in [-0.4, -0.2) is 12.6 Å². The van der Waals surface area contributed by atoms with E-state index in [9.17, 15) is 0 Å². The van der Waals surface area contributed by atoms with Crippen molar-refractivity contribution in [2.45, 2.75) is 86.6 Å². The fraction of sp³-hybridized carbons (Fsp3) is 1.00. The van der Waals surface area contributed by atoms with E-state index in [-0.39, 0.29) is 0 Å². The molecule has 1 rings (SSSR count). The van der Waals surface area contributed by atoms with Crippen LogP contribution in [0.4, 0.5) is 0 Å². The van der Waals surface area contributed by atoms with Crippen LogP contribution in [0.2, 0.25) is 0 Å². The van der Waals surface area contributed by atoms with Crippen molar-refractivity contribution in [2.75, 3.05) is 6.54 Å². The van der Waals surface area contributed by atoms with Gasteiger partial charge in [-0.2, -0.15) is 0 Å². The summed E-state index contributed by atoms with van der Waals surface area (Å²) in [6.07, 6.45) is 6.91. The van der Waals surface area contributed by atoms with Gasteiger partial charge in [-0.3, -0.25) is 0 Å². The minimum Gasteiger partial charge on any atom is -0.314 e. The first-order chi connectivity index (χ1) is 8.66. The van der Waals surface area contributed by atoms with Gasteiger partial charge in [0.2, 0.25) is 0 Å². The molecule has 0 saturated heterocycles. The smallest absolute Gasteiger partial charge is 0.00673 e. The van der Waals surface area contributed by atoms with E-state index in [1.165, 1.54) is 38.6 Å².